The first kappa shape index (κ1) is 16.9. The first-order valence-corrected chi connectivity index (χ1v) is 8.56. The van der Waals surface area contributed by atoms with Crippen molar-refractivity contribution in [2.24, 2.45) is 0 Å². The van der Waals surface area contributed by atoms with Crippen molar-refractivity contribution in [1.29, 1.82) is 0 Å². The fourth-order valence-corrected chi connectivity index (χ4v) is 3.21. The molecule has 3 aromatic rings. The summed E-state index contributed by atoms with van der Waals surface area (Å²) >= 11 is 0. The van der Waals surface area contributed by atoms with Gasteiger partial charge in [0.05, 0.1) is 31.1 Å². The van der Waals surface area contributed by atoms with Crippen LogP contribution in [0.15, 0.2) is 54.7 Å². The molecule has 0 saturated carbocycles. The van der Waals surface area contributed by atoms with Crippen molar-refractivity contribution in [3.63, 3.8) is 0 Å². The molecule has 0 radical (unpaired) electrons. The topological polar surface area (TPSA) is 41.1 Å². The van der Waals surface area contributed by atoms with Gasteiger partial charge in [0.1, 0.15) is 17.5 Å². The van der Waals surface area contributed by atoms with E-state index < -0.39 is 0 Å². The second-order valence-electron chi connectivity index (χ2n) is 6.38. The van der Waals surface area contributed by atoms with Gasteiger partial charge in [-0.25, -0.2) is 13.8 Å². The van der Waals surface area contributed by atoms with Crippen LogP contribution in [0.25, 0.3) is 11.3 Å². The van der Waals surface area contributed by atoms with Crippen LogP contribution in [0.3, 0.4) is 0 Å². The Kier molecular flexibility index (Phi) is 4.77. The van der Waals surface area contributed by atoms with Crippen LogP contribution < -0.4 is 0 Å². The number of H-pyrrole nitrogens is 1. The standard InChI is InChI=1S/C20H19F2N3O/c21-16-6-4-14(5-7-16)12-25-8-9-26-13-19(25)20-23-11-18(24-20)15-2-1-3-17(22)10-15/h1-7,10-11,19H,8-9,12-13H2,(H,23,24). The molecule has 1 aliphatic rings. The quantitative estimate of drug-likeness (QED) is 0.771. The number of benzene rings is 2. The lowest BCUT2D eigenvalue weighted by atomic mass is 10.1. The molecule has 2 aromatic carbocycles. The van der Waals surface area contributed by atoms with Gasteiger partial charge in [0.2, 0.25) is 0 Å². The van der Waals surface area contributed by atoms with E-state index in [2.05, 4.69) is 14.9 Å². The number of hydrogen-bond donors (Lipinski definition) is 1. The van der Waals surface area contributed by atoms with Gasteiger partial charge >= 0.3 is 0 Å². The Labute approximate surface area is 150 Å². The van der Waals surface area contributed by atoms with Gasteiger partial charge in [-0.15, -0.1) is 0 Å². The Bertz CT molecular complexity index is 879. The third-order valence-corrected chi connectivity index (χ3v) is 4.58. The summed E-state index contributed by atoms with van der Waals surface area (Å²) in [7, 11) is 0. The van der Waals surface area contributed by atoms with Crippen molar-refractivity contribution in [3.8, 4) is 11.3 Å². The van der Waals surface area contributed by atoms with Gasteiger partial charge in [-0.1, -0.05) is 24.3 Å². The van der Waals surface area contributed by atoms with E-state index in [4.69, 9.17) is 4.74 Å². The number of hydrogen-bond acceptors (Lipinski definition) is 3. The largest absolute Gasteiger partial charge is 0.378 e. The number of ether oxygens (including phenoxy) is 1. The number of aromatic nitrogens is 2. The number of aromatic amines is 1. The Hall–Kier alpha value is -2.57. The normalized spacial score (nSPS) is 18.2. The molecule has 6 heteroatoms. The van der Waals surface area contributed by atoms with Crippen LogP contribution >= 0.6 is 0 Å². The van der Waals surface area contributed by atoms with Crippen molar-refractivity contribution in [3.05, 3.63) is 77.8 Å². The maximum absolute atomic E-state index is 13.5. The molecule has 4 nitrogen and oxygen atoms in total. The smallest absolute Gasteiger partial charge is 0.126 e. The minimum absolute atomic E-state index is 0.0314. The molecule has 134 valence electrons. The summed E-state index contributed by atoms with van der Waals surface area (Å²) in [4.78, 5) is 10.0. The second-order valence-corrected chi connectivity index (χ2v) is 6.38. The van der Waals surface area contributed by atoms with Gasteiger partial charge in [-0.3, -0.25) is 4.90 Å². The van der Waals surface area contributed by atoms with E-state index in [-0.39, 0.29) is 17.7 Å². The zero-order valence-electron chi connectivity index (χ0n) is 14.2. The van der Waals surface area contributed by atoms with Gasteiger partial charge in [0, 0.05) is 18.7 Å². The van der Waals surface area contributed by atoms with Gasteiger partial charge in [-0.2, -0.15) is 0 Å². The highest BCUT2D eigenvalue weighted by atomic mass is 19.1. The zero-order valence-corrected chi connectivity index (χ0v) is 14.2. The van der Waals surface area contributed by atoms with Gasteiger partial charge in [-0.05, 0) is 29.8 Å². The first-order chi connectivity index (χ1) is 12.7. The molecule has 26 heavy (non-hydrogen) atoms. The van der Waals surface area contributed by atoms with Gasteiger partial charge in [0.25, 0.3) is 0 Å². The third kappa shape index (κ3) is 3.66. The van der Waals surface area contributed by atoms with Gasteiger partial charge in [0.15, 0.2) is 0 Å². The minimum Gasteiger partial charge on any atom is -0.378 e. The molecule has 0 amide bonds. The number of morpholine rings is 1. The van der Waals surface area contributed by atoms with Crippen molar-refractivity contribution < 1.29 is 13.5 Å². The molecule has 1 fully saturated rings. The molecule has 0 aliphatic carbocycles. The number of nitrogens with one attached hydrogen (secondary N) is 1. The zero-order chi connectivity index (χ0) is 17.9. The second kappa shape index (κ2) is 7.35. The van der Waals surface area contributed by atoms with Crippen LogP contribution in [0.2, 0.25) is 0 Å². The van der Waals surface area contributed by atoms with Crippen LogP contribution in [0.1, 0.15) is 17.4 Å². The summed E-state index contributed by atoms with van der Waals surface area (Å²) < 4.78 is 32.2. The highest BCUT2D eigenvalue weighted by molar-refractivity contribution is 5.58. The lowest BCUT2D eigenvalue weighted by Gasteiger charge is -2.34. The number of imidazole rings is 1. The van der Waals surface area contributed by atoms with Crippen LogP contribution in [0.4, 0.5) is 8.78 Å². The minimum atomic E-state index is -0.280. The van der Waals surface area contributed by atoms with Crippen molar-refractivity contribution >= 4 is 0 Å². The van der Waals surface area contributed by atoms with E-state index in [0.29, 0.717) is 19.8 Å². The summed E-state index contributed by atoms with van der Waals surface area (Å²) in [6.07, 6.45) is 1.72. The SMILES string of the molecule is Fc1ccc(CN2CCOCC2c2ncc(-c3cccc(F)c3)[nH]2)cc1. The molecule has 0 spiro atoms. The van der Waals surface area contributed by atoms with Crippen LogP contribution in [-0.2, 0) is 11.3 Å². The van der Waals surface area contributed by atoms with Gasteiger partial charge < -0.3 is 9.72 Å². The summed E-state index contributed by atoms with van der Waals surface area (Å²) in [6.45, 7) is 2.62. The molecule has 1 saturated heterocycles. The maximum atomic E-state index is 13.5. The van der Waals surface area contributed by atoms with E-state index in [0.717, 1.165) is 29.2 Å². The average Bonchev–Trinajstić information content (AvgIpc) is 3.14. The average molecular weight is 355 g/mol. The lowest BCUT2D eigenvalue weighted by molar-refractivity contribution is -0.0156. The molecule has 1 aromatic heterocycles. The molecule has 4 rings (SSSR count). The van der Waals surface area contributed by atoms with Crippen molar-refractivity contribution in [2.45, 2.75) is 12.6 Å². The molecule has 1 atom stereocenters. The molecule has 1 N–H and O–H groups in total. The molecule has 2 heterocycles. The predicted octanol–water partition coefficient (Wildman–Crippen LogP) is 3.93. The Morgan fingerprint density at radius 1 is 1.12 bits per heavy atom. The lowest BCUT2D eigenvalue weighted by Crippen LogP contribution is -2.39. The van der Waals surface area contributed by atoms with Crippen LogP contribution in [0, 0.1) is 11.6 Å². The van der Waals surface area contributed by atoms with E-state index in [1.165, 1.54) is 24.3 Å². The van der Waals surface area contributed by atoms with E-state index in [9.17, 15) is 8.78 Å². The molecular formula is C20H19F2N3O. The summed E-state index contributed by atoms with van der Waals surface area (Å²) in [6, 6.07) is 12.9. The van der Waals surface area contributed by atoms with E-state index in [1.54, 1.807) is 24.4 Å². The molecule has 0 bridgehead atoms. The molecule has 1 aliphatic heterocycles. The van der Waals surface area contributed by atoms with Crippen LogP contribution in [-0.4, -0.2) is 34.6 Å². The molecule has 1 unspecified atom stereocenters. The van der Waals surface area contributed by atoms with E-state index >= 15 is 0 Å². The fourth-order valence-electron chi connectivity index (χ4n) is 3.21. The third-order valence-electron chi connectivity index (χ3n) is 4.58. The summed E-state index contributed by atoms with van der Waals surface area (Å²) in [5.74, 6) is 0.265. The fraction of sp³-hybridized carbons (Fsp3) is 0.250. The number of rotatable bonds is 4. The van der Waals surface area contributed by atoms with Crippen LogP contribution in [0.5, 0.6) is 0 Å². The van der Waals surface area contributed by atoms with E-state index in [1.807, 2.05) is 6.07 Å². The number of halogens is 2. The van der Waals surface area contributed by atoms with Crippen molar-refractivity contribution in [1.82, 2.24) is 14.9 Å². The first-order valence-electron chi connectivity index (χ1n) is 8.56. The number of nitrogens with zero attached hydrogens (tertiary/aromatic N) is 2. The summed E-state index contributed by atoms with van der Waals surface area (Å²) in [5, 5.41) is 0. The maximum Gasteiger partial charge on any atom is 0.126 e. The highest BCUT2D eigenvalue weighted by Crippen LogP contribution is 2.26. The predicted molar refractivity (Wildman–Crippen MR) is 94.4 cm³/mol. The monoisotopic (exact) mass is 355 g/mol. The Morgan fingerprint density at radius 3 is 2.77 bits per heavy atom. The Morgan fingerprint density at radius 2 is 1.96 bits per heavy atom. The summed E-state index contributed by atoms with van der Waals surface area (Å²) in [5.41, 5.74) is 2.56. The Balaban J connectivity index is 1.55. The highest BCUT2D eigenvalue weighted by Gasteiger charge is 2.27. The molecular weight excluding hydrogens is 336 g/mol. The van der Waals surface area contributed by atoms with Crippen molar-refractivity contribution in [2.75, 3.05) is 19.8 Å².